The number of nitrogens with one attached hydrogen (secondary N) is 1. The first kappa shape index (κ1) is 15.8. The fourth-order valence-corrected chi connectivity index (χ4v) is 1.53. The number of rotatable bonds is 8. The van der Waals surface area contributed by atoms with E-state index < -0.39 is 11.0 Å². The highest BCUT2D eigenvalue weighted by molar-refractivity contribution is 4.81. The smallest absolute Gasteiger partial charge is 0.0869 e. The van der Waals surface area contributed by atoms with E-state index in [1.165, 1.54) is 0 Å². The Balaban J connectivity index is 3.96. The third kappa shape index (κ3) is 6.40. The van der Waals surface area contributed by atoms with Crippen molar-refractivity contribution in [3.05, 3.63) is 0 Å². The predicted octanol–water partition coefficient (Wildman–Crippen LogP) is -1.12. The van der Waals surface area contributed by atoms with Crippen LogP contribution < -0.4 is 5.32 Å². The molecule has 16 heavy (non-hydrogen) atoms. The van der Waals surface area contributed by atoms with Crippen molar-refractivity contribution < 1.29 is 15.3 Å². The molecule has 0 heterocycles. The summed E-state index contributed by atoms with van der Waals surface area (Å²) in [7, 11) is 3.81. The van der Waals surface area contributed by atoms with Gasteiger partial charge in [0.1, 0.15) is 0 Å². The molecule has 0 rings (SSSR count). The molecule has 0 radical (unpaired) electrons. The summed E-state index contributed by atoms with van der Waals surface area (Å²) in [5, 5.41) is 31.3. The van der Waals surface area contributed by atoms with Crippen LogP contribution in [0.25, 0.3) is 0 Å². The highest BCUT2D eigenvalue weighted by atomic mass is 16.3. The van der Waals surface area contributed by atoms with Gasteiger partial charge >= 0.3 is 0 Å². The molecular weight excluding hydrogens is 208 g/mol. The molecule has 0 aliphatic rings. The molecule has 1 unspecified atom stereocenters. The lowest BCUT2D eigenvalue weighted by atomic mass is 9.92. The molecule has 5 nitrogen and oxygen atoms in total. The molecule has 0 aliphatic carbocycles. The molecule has 0 amide bonds. The van der Waals surface area contributed by atoms with Crippen molar-refractivity contribution in [1.82, 2.24) is 10.2 Å². The average Bonchev–Trinajstić information content (AvgIpc) is 2.15. The van der Waals surface area contributed by atoms with Crippen LogP contribution in [0, 0.1) is 5.41 Å². The number of hydrogen-bond donors (Lipinski definition) is 4. The number of likely N-dealkylation sites (N-methyl/N-ethyl adjacent to an activating group) is 1. The Morgan fingerprint density at radius 1 is 1.06 bits per heavy atom. The average molecular weight is 234 g/mol. The second kappa shape index (κ2) is 6.51. The maximum absolute atomic E-state index is 10.00. The summed E-state index contributed by atoms with van der Waals surface area (Å²) < 4.78 is 0. The van der Waals surface area contributed by atoms with Crippen LogP contribution in [0.5, 0.6) is 0 Å². The maximum atomic E-state index is 10.00. The van der Waals surface area contributed by atoms with Gasteiger partial charge in [0, 0.05) is 25.0 Å². The molecule has 4 N–H and O–H groups in total. The molecule has 0 aliphatic heterocycles. The van der Waals surface area contributed by atoms with Gasteiger partial charge in [0.2, 0.25) is 0 Å². The van der Waals surface area contributed by atoms with E-state index in [2.05, 4.69) is 5.32 Å². The van der Waals surface area contributed by atoms with Crippen molar-refractivity contribution in [2.45, 2.75) is 19.4 Å². The second-order valence-electron chi connectivity index (χ2n) is 5.47. The standard InChI is InChI=1S/C11H26N2O3/c1-10(8-14,9-15)5-12-6-11(2,16)7-13(3)4/h12,14-16H,5-9H2,1-4H3. The maximum Gasteiger partial charge on any atom is 0.0869 e. The van der Waals surface area contributed by atoms with Crippen LogP contribution in [0.1, 0.15) is 13.8 Å². The van der Waals surface area contributed by atoms with Crippen LogP contribution in [0.4, 0.5) is 0 Å². The molecule has 0 fully saturated rings. The van der Waals surface area contributed by atoms with Crippen molar-refractivity contribution in [3.8, 4) is 0 Å². The van der Waals surface area contributed by atoms with Crippen molar-refractivity contribution >= 4 is 0 Å². The topological polar surface area (TPSA) is 76.0 Å². The molecule has 5 heteroatoms. The predicted molar refractivity (Wildman–Crippen MR) is 64.3 cm³/mol. The lowest BCUT2D eigenvalue weighted by molar-refractivity contribution is 0.0232. The quantitative estimate of drug-likeness (QED) is 0.428. The lowest BCUT2D eigenvalue weighted by Gasteiger charge is -2.30. The van der Waals surface area contributed by atoms with Gasteiger partial charge in [0.05, 0.1) is 18.8 Å². The Morgan fingerprint density at radius 2 is 1.56 bits per heavy atom. The summed E-state index contributed by atoms with van der Waals surface area (Å²) in [6.07, 6.45) is 0. The first-order valence-corrected chi connectivity index (χ1v) is 5.54. The highest BCUT2D eigenvalue weighted by Crippen LogP contribution is 2.12. The summed E-state index contributed by atoms with van der Waals surface area (Å²) in [4.78, 5) is 1.92. The van der Waals surface area contributed by atoms with Crippen LogP contribution in [-0.2, 0) is 0 Å². The lowest BCUT2D eigenvalue weighted by Crippen LogP contribution is -2.48. The minimum atomic E-state index is -0.810. The number of nitrogens with zero attached hydrogens (tertiary/aromatic N) is 1. The number of hydrogen-bond acceptors (Lipinski definition) is 5. The fourth-order valence-electron chi connectivity index (χ4n) is 1.53. The molecule has 1 atom stereocenters. The zero-order valence-corrected chi connectivity index (χ0v) is 10.8. The Labute approximate surface area is 98.1 Å². The molecule has 0 aromatic heterocycles. The van der Waals surface area contributed by atoms with Gasteiger partial charge in [-0.25, -0.2) is 0 Å². The SMILES string of the molecule is CN(C)CC(C)(O)CNCC(C)(CO)CO. The van der Waals surface area contributed by atoms with E-state index in [1.807, 2.05) is 19.0 Å². The highest BCUT2D eigenvalue weighted by Gasteiger charge is 2.25. The van der Waals surface area contributed by atoms with Gasteiger partial charge in [-0.05, 0) is 21.0 Å². The zero-order valence-electron chi connectivity index (χ0n) is 10.8. The van der Waals surface area contributed by atoms with Crippen molar-refractivity contribution in [3.63, 3.8) is 0 Å². The molecule has 0 aromatic carbocycles. The Morgan fingerprint density at radius 3 is 1.94 bits per heavy atom. The van der Waals surface area contributed by atoms with E-state index >= 15 is 0 Å². The van der Waals surface area contributed by atoms with Crippen LogP contribution >= 0.6 is 0 Å². The van der Waals surface area contributed by atoms with E-state index in [0.717, 1.165) is 0 Å². The minimum Gasteiger partial charge on any atom is -0.396 e. The second-order valence-corrected chi connectivity index (χ2v) is 5.47. The van der Waals surface area contributed by atoms with Crippen molar-refractivity contribution in [2.75, 3.05) is 46.9 Å². The van der Waals surface area contributed by atoms with Gasteiger partial charge in [-0.1, -0.05) is 6.92 Å². The van der Waals surface area contributed by atoms with E-state index in [1.54, 1.807) is 13.8 Å². The van der Waals surface area contributed by atoms with Gasteiger partial charge in [0.25, 0.3) is 0 Å². The van der Waals surface area contributed by atoms with Crippen LogP contribution in [-0.4, -0.2) is 72.8 Å². The van der Waals surface area contributed by atoms with Gasteiger partial charge in [0.15, 0.2) is 0 Å². The van der Waals surface area contributed by atoms with E-state index in [9.17, 15) is 5.11 Å². The van der Waals surface area contributed by atoms with Crippen molar-refractivity contribution in [2.24, 2.45) is 5.41 Å². The Hall–Kier alpha value is -0.200. The van der Waals surface area contributed by atoms with Gasteiger partial charge in [-0.3, -0.25) is 0 Å². The number of aliphatic hydroxyl groups is 3. The normalized spacial score (nSPS) is 16.5. The molecular formula is C11H26N2O3. The van der Waals surface area contributed by atoms with Gasteiger partial charge < -0.3 is 25.5 Å². The molecule has 0 spiro atoms. The first-order chi connectivity index (χ1) is 7.24. The summed E-state index contributed by atoms with van der Waals surface area (Å²) in [6, 6.07) is 0. The third-order valence-electron chi connectivity index (χ3n) is 2.48. The molecule has 0 aromatic rings. The van der Waals surface area contributed by atoms with Crippen molar-refractivity contribution in [1.29, 1.82) is 0 Å². The fraction of sp³-hybridized carbons (Fsp3) is 1.00. The minimum absolute atomic E-state index is 0.0771. The van der Waals surface area contributed by atoms with Crippen LogP contribution in [0.15, 0.2) is 0 Å². The Bertz CT molecular complexity index is 192. The van der Waals surface area contributed by atoms with Crippen LogP contribution in [0.2, 0.25) is 0 Å². The molecule has 0 saturated carbocycles. The Kier molecular flexibility index (Phi) is 6.43. The molecule has 0 bridgehead atoms. The van der Waals surface area contributed by atoms with E-state index in [0.29, 0.717) is 19.6 Å². The third-order valence-corrected chi connectivity index (χ3v) is 2.48. The molecule has 98 valence electrons. The van der Waals surface area contributed by atoms with E-state index in [-0.39, 0.29) is 13.2 Å². The number of aliphatic hydroxyl groups excluding tert-OH is 2. The van der Waals surface area contributed by atoms with Gasteiger partial charge in [-0.15, -0.1) is 0 Å². The largest absolute Gasteiger partial charge is 0.396 e. The first-order valence-electron chi connectivity index (χ1n) is 5.54. The summed E-state index contributed by atoms with van der Waals surface area (Å²) in [5.41, 5.74) is -1.34. The summed E-state index contributed by atoms with van der Waals surface area (Å²) in [6.45, 7) is 4.87. The van der Waals surface area contributed by atoms with Gasteiger partial charge in [-0.2, -0.15) is 0 Å². The summed E-state index contributed by atoms with van der Waals surface area (Å²) >= 11 is 0. The summed E-state index contributed by atoms with van der Waals surface area (Å²) in [5.74, 6) is 0. The zero-order chi connectivity index (χ0) is 12.8. The van der Waals surface area contributed by atoms with E-state index in [4.69, 9.17) is 10.2 Å². The molecule has 0 saturated heterocycles. The monoisotopic (exact) mass is 234 g/mol. The van der Waals surface area contributed by atoms with Crippen LogP contribution in [0.3, 0.4) is 0 Å².